The fourth-order valence-electron chi connectivity index (χ4n) is 2.56. The van der Waals surface area contributed by atoms with Crippen LogP contribution in [-0.2, 0) is 23.0 Å². The molecule has 1 aromatic rings. The molecule has 1 aromatic carbocycles. The minimum Gasteiger partial charge on any atom is -0.288 e. The molecular weight excluding hydrogens is 306 g/mol. The van der Waals surface area contributed by atoms with Crippen molar-refractivity contribution in [3.8, 4) is 6.07 Å². The predicted octanol–water partition coefficient (Wildman–Crippen LogP) is 0.775. The standard InChI is InChI=1S/C14H17N3O4S/c1-2-5-22(20,21)17-4-3-10-6-11(14(18)16-19)7-12(8-15)13(10)9-17/h6-7,19H,2-5,9H2,1H3,(H,16,18). The number of hydroxylamine groups is 1. The Morgan fingerprint density at radius 1 is 1.50 bits per heavy atom. The van der Waals surface area contributed by atoms with Crippen molar-refractivity contribution in [2.45, 2.75) is 26.3 Å². The van der Waals surface area contributed by atoms with Gasteiger partial charge in [0.05, 0.1) is 17.4 Å². The van der Waals surface area contributed by atoms with Gasteiger partial charge in [-0.3, -0.25) is 10.0 Å². The molecule has 7 nitrogen and oxygen atoms in total. The molecule has 118 valence electrons. The zero-order valence-corrected chi connectivity index (χ0v) is 13.0. The summed E-state index contributed by atoms with van der Waals surface area (Å²) in [7, 11) is -3.33. The van der Waals surface area contributed by atoms with Gasteiger partial charge in [-0.1, -0.05) is 6.92 Å². The van der Waals surface area contributed by atoms with Crippen LogP contribution in [0, 0.1) is 11.3 Å². The molecule has 1 heterocycles. The van der Waals surface area contributed by atoms with Gasteiger partial charge >= 0.3 is 0 Å². The van der Waals surface area contributed by atoms with Gasteiger partial charge in [-0.2, -0.15) is 9.57 Å². The largest absolute Gasteiger partial charge is 0.288 e. The Morgan fingerprint density at radius 3 is 2.82 bits per heavy atom. The maximum Gasteiger partial charge on any atom is 0.274 e. The van der Waals surface area contributed by atoms with Crippen LogP contribution in [0.15, 0.2) is 12.1 Å². The number of amides is 1. The highest BCUT2D eigenvalue weighted by Crippen LogP contribution is 2.26. The van der Waals surface area contributed by atoms with Crippen molar-refractivity contribution >= 4 is 15.9 Å². The van der Waals surface area contributed by atoms with E-state index in [0.717, 1.165) is 5.56 Å². The van der Waals surface area contributed by atoms with Crippen molar-refractivity contribution in [1.29, 1.82) is 5.26 Å². The van der Waals surface area contributed by atoms with Gasteiger partial charge in [0.15, 0.2) is 0 Å². The molecule has 2 N–H and O–H groups in total. The van der Waals surface area contributed by atoms with Gasteiger partial charge in [0, 0.05) is 18.7 Å². The third-order valence-corrected chi connectivity index (χ3v) is 5.67. The van der Waals surface area contributed by atoms with Crippen LogP contribution in [0.4, 0.5) is 0 Å². The number of nitriles is 1. The molecule has 0 bridgehead atoms. The van der Waals surface area contributed by atoms with Gasteiger partial charge in [-0.25, -0.2) is 13.9 Å². The molecule has 0 fully saturated rings. The molecule has 1 amide bonds. The fraction of sp³-hybridized carbons (Fsp3) is 0.429. The molecule has 8 heteroatoms. The first-order valence-corrected chi connectivity index (χ1v) is 8.52. The predicted molar refractivity (Wildman–Crippen MR) is 78.6 cm³/mol. The quantitative estimate of drug-likeness (QED) is 0.628. The molecule has 1 aliphatic rings. The van der Waals surface area contributed by atoms with Crippen LogP contribution in [0.3, 0.4) is 0 Å². The molecule has 0 saturated heterocycles. The lowest BCUT2D eigenvalue weighted by Crippen LogP contribution is -2.38. The maximum absolute atomic E-state index is 12.2. The SMILES string of the molecule is CCCS(=O)(=O)N1CCc2cc(C(=O)NO)cc(C#N)c2C1. The summed E-state index contributed by atoms with van der Waals surface area (Å²) in [6.07, 6.45) is 0.964. The van der Waals surface area contributed by atoms with Gasteiger partial charge in [0.2, 0.25) is 10.0 Å². The van der Waals surface area contributed by atoms with E-state index in [1.165, 1.54) is 15.9 Å². The molecule has 22 heavy (non-hydrogen) atoms. The number of sulfonamides is 1. The van der Waals surface area contributed by atoms with Crippen molar-refractivity contribution < 1.29 is 18.4 Å². The number of hydrogen-bond donors (Lipinski definition) is 2. The number of carbonyl (C=O) groups is 1. The van der Waals surface area contributed by atoms with E-state index in [1.54, 1.807) is 13.0 Å². The first-order valence-electron chi connectivity index (χ1n) is 6.91. The summed E-state index contributed by atoms with van der Waals surface area (Å²) in [4.78, 5) is 11.5. The highest BCUT2D eigenvalue weighted by molar-refractivity contribution is 7.89. The van der Waals surface area contributed by atoms with E-state index < -0.39 is 15.9 Å². The van der Waals surface area contributed by atoms with E-state index in [-0.39, 0.29) is 23.4 Å². The lowest BCUT2D eigenvalue weighted by atomic mass is 9.93. The number of rotatable bonds is 4. The molecule has 0 aromatic heterocycles. The summed E-state index contributed by atoms with van der Waals surface area (Å²) < 4.78 is 25.7. The van der Waals surface area contributed by atoms with E-state index in [4.69, 9.17) is 5.21 Å². The maximum atomic E-state index is 12.2. The number of nitrogens with one attached hydrogen (secondary N) is 1. The fourth-order valence-corrected chi connectivity index (χ4v) is 4.03. The zero-order chi connectivity index (χ0) is 16.3. The van der Waals surface area contributed by atoms with Crippen molar-refractivity contribution in [2.75, 3.05) is 12.3 Å². The molecule has 0 saturated carbocycles. The highest BCUT2D eigenvalue weighted by atomic mass is 32.2. The Kier molecular flexibility index (Phi) is 4.81. The molecule has 0 aliphatic carbocycles. The Hall–Kier alpha value is -1.95. The highest BCUT2D eigenvalue weighted by Gasteiger charge is 2.28. The van der Waals surface area contributed by atoms with Gasteiger partial charge in [0.25, 0.3) is 5.91 Å². The second-order valence-corrected chi connectivity index (χ2v) is 7.20. The Bertz CT molecular complexity index is 737. The average molecular weight is 323 g/mol. The Labute approximate surface area is 129 Å². The summed E-state index contributed by atoms with van der Waals surface area (Å²) in [6.45, 7) is 2.27. The molecule has 1 aliphatic heterocycles. The van der Waals surface area contributed by atoms with Gasteiger partial charge in [-0.15, -0.1) is 0 Å². The van der Waals surface area contributed by atoms with E-state index in [1.807, 2.05) is 6.07 Å². The van der Waals surface area contributed by atoms with E-state index in [9.17, 15) is 18.5 Å². The van der Waals surface area contributed by atoms with Crippen LogP contribution in [0.2, 0.25) is 0 Å². The topological polar surface area (TPSA) is 110 Å². The normalized spacial score (nSPS) is 15.0. The van der Waals surface area contributed by atoms with E-state index in [2.05, 4.69) is 0 Å². The number of fused-ring (bicyclic) bond motifs is 1. The lowest BCUT2D eigenvalue weighted by Gasteiger charge is -2.29. The molecule has 2 rings (SSSR count). The van der Waals surface area contributed by atoms with Crippen molar-refractivity contribution in [3.63, 3.8) is 0 Å². The number of carbonyl (C=O) groups excluding carboxylic acids is 1. The minimum absolute atomic E-state index is 0.0786. The van der Waals surface area contributed by atoms with E-state index in [0.29, 0.717) is 24.9 Å². The Balaban J connectivity index is 2.41. The van der Waals surface area contributed by atoms with Crippen molar-refractivity contribution in [3.05, 3.63) is 34.4 Å². The zero-order valence-electron chi connectivity index (χ0n) is 12.2. The van der Waals surface area contributed by atoms with Crippen molar-refractivity contribution in [2.24, 2.45) is 0 Å². The summed E-state index contributed by atoms with van der Waals surface area (Å²) in [5.74, 6) is -0.616. The summed E-state index contributed by atoms with van der Waals surface area (Å²) >= 11 is 0. The Morgan fingerprint density at radius 2 is 2.23 bits per heavy atom. The first-order chi connectivity index (χ1) is 10.4. The molecule has 0 radical (unpaired) electrons. The monoisotopic (exact) mass is 323 g/mol. The molecular formula is C14H17N3O4S. The molecule has 0 atom stereocenters. The van der Waals surface area contributed by atoms with Crippen LogP contribution in [0.5, 0.6) is 0 Å². The average Bonchev–Trinajstić information content (AvgIpc) is 2.52. The third-order valence-electron chi connectivity index (χ3n) is 3.65. The van der Waals surface area contributed by atoms with Crippen LogP contribution in [0.25, 0.3) is 0 Å². The van der Waals surface area contributed by atoms with Gasteiger partial charge < -0.3 is 0 Å². The van der Waals surface area contributed by atoms with Gasteiger partial charge in [0.1, 0.15) is 0 Å². The third kappa shape index (κ3) is 3.11. The second kappa shape index (κ2) is 6.44. The van der Waals surface area contributed by atoms with Crippen LogP contribution >= 0.6 is 0 Å². The summed E-state index contributed by atoms with van der Waals surface area (Å²) in [5.41, 5.74) is 3.37. The number of nitrogens with zero attached hydrogens (tertiary/aromatic N) is 2. The van der Waals surface area contributed by atoms with Gasteiger partial charge in [-0.05, 0) is 36.1 Å². The summed E-state index contributed by atoms with van der Waals surface area (Å²) in [5, 5.41) is 17.9. The minimum atomic E-state index is -3.33. The van der Waals surface area contributed by atoms with Crippen LogP contribution < -0.4 is 5.48 Å². The van der Waals surface area contributed by atoms with Crippen LogP contribution in [-0.4, -0.2) is 36.1 Å². The van der Waals surface area contributed by atoms with Crippen molar-refractivity contribution in [1.82, 2.24) is 9.79 Å². The van der Waals surface area contributed by atoms with E-state index >= 15 is 0 Å². The number of benzene rings is 1. The number of hydrogen-bond acceptors (Lipinski definition) is 5. The first kappa shape index (κ1) is 16.4. The second-order valence-electron chi connectivity index (χ2n) is 5.11. The lowest BCUT2D eigenvalue weighted by molar-refractivity contribution is 0.0706. The smallest absolute Gasteiger partial charge is 0.274 e. The summed E-state index contributed by atoms with van der Waals surface area (Å²) in [6, 6.07) is 4.95. The van der Waals surface area contributed by atoms with Crippen LogP contribution in [0.1, 0.15) is 40.4 Å². The molecule has 0 unspecified atom stereocenters. The molecule has 0 spiro atoms.